The zero-order chi connectivity index (χ0) is 21.6. The number of ketones is 1. The largest absolute Gasteiger partial charge is 0.486 e. The van der Waals surface area contributed by atoms with Crippen molar-refractivity contribution in [3.8, 4) is 11.4 Å². The molecule has 0 atom stereocenters. The van der Waals surface area contributed by atoms with Crippen molar-refractivity contribution < 1.29 is 18.9 Å². The molecule has 0 N–H and O–H groups in total. The number of aromatic nitrogens is 1. The predicted octanol–water partition coefficient (Wildman–Crippen LogP) is 5.45. The van der Waals surface area contributed by atoms with E-state index in [0.717, 1.165) is 5.69 Å². The topological polar surface area (TPSA) is 87.5 Å². The molecule has 31 heavy (non-hydrogen) atoms. The molecule has 2 aromatic heterocycles. The van der Waals surface area contributed by atoms with E-state index in [1.807, 2.05) is 41.2 Å². The molecular weight excluding hydrogens is 396 g/mol. The first-order chi connectivity index (χ1) is 15.1. The van der Waals surface area contributed by atoms with Crippen LogP contribution < -0.4 is 4.74 Å². The lowest BCUT2D eigenvalue weighted by molar-refractivity contribution is -0.384. The number of rotatable bonds is 8. The van der Waals surface area contributed by atoms with Crippen LogP contribution in [0.3, 0.4) is 0 Å². The van der Waals surface area contributed by atoms with Crippen molar-refractivity contribution >= 4 is 17.5 Å². The highest BCUT2D eigenvalue weighted by Gasteiger charge is 2.07. The zero-order valence-electron chi connectivity index (χ0n) is 16.4. The molecule has 7 heteroatoms. The average Bonchev–Trinajstić information content (AvgIpc) is 3.49. The standard InChI is InChI=1S/C24H18N2O5/c27-24(18-3-5-19(6-4-18)25-15-1-2-16-25)14-13-22-11-12-23(31-22)17-30-21-9-7-20(8-10-21)26(28)29/h1-16H,17H2/b14-13+. The van der Waals surface area contributed by atoms with Gasteiger partial charge in [-0.25, -0.2) is 0 Å². The Morgan fingerprint density at radius 3 is 2.39 bits per heavy atom. The van der Waals surface area contributed by atoms with Gasteiger partial charge in [-0.3, -0.25) is 14.9 Å². The fraction of sp³-hybridized carbons (Fsp3) is 0.0417. The summed E-state index contributed by atoms with van der Waals surface area (Å²) in [6.45, 7) is 0.167. The molecule has 0 unspecified atom stereocenters. The smallest absolute Gasteiger partial charge is 0.269 e. The van der Waals surface area contributed by atoms with E-state index >= 15 is 0 Å². The maximum atomic E-state index is 12.4. The van der Waals surface area contributed by atoms with Gasteiger partial charge in [0.05, 0.1) is 4.92 Å². The van der Waals surface area contributed by atoms with Crippen LogP contribution in [-0.2, 0) is 6.61 Å². The second-order valence-electron chi connectivity index (χ2n) is 6.68. The van der Waals surface area contributed by atoms with E-state index in [1.165, 1.54) is 30.3 Å². The average molecular weight is 414 g/mol. The van der Waals surface area contributed by atoms with Gasteiger partial charge in [0.2, 0.25) is 0 Å². The number of nitro groups is 1. The lowest BCUT2D eigenvalue weighted by atomic mass is 10.1. The Morgan fingerprint density at radius 2 is 1.71 bits per heavy atom. The van der Waals surface area contributed by atoms with Crippen molar-refractivity contribution in [3.63, 3.8) is 0 Å². The zero-order valence-corrected chi connectivity index (χ0v) is 16.4. The van der Waals surface area contributed by atoms with Gasteiger partial charge in [-0.15, -0.1) is 0 Å². The van der Waals surface area contributed by atoms with Gasteiger partial charge in [-0.1, -0.05) is 0 Å². The van der Waals surface area contributed by atoms with E-state index in [0.29, 0.717) is 22.8 Å². The summed E-state index contributed by atoms with van der Waals surface area (Å²) in [7, 11) is 0. The SMILES string of the molecule is O=C(/C=C/c1ccc(COc2ccc([N+](=O)[O-])cc2)o1)c1ccc(-n2cccc2)cc1. The van der Waals surface area contributed by atoms with Gasteiger partial charge >= 0.3 is 0 Å². The van der Waals surface area contributed by atoms with Crippen LogP contribution in [-0.4, -0.2) is 15.3 Å². The summed E-state index contributed by atoms with van der Waals surface area (Å²) in [4.78, 5) is 22.6. The number of nitrogens with zero attached hydrogens (tertiary/aromatic N) is 2. The summed E-state index contributed by atoms with van der Waals surface area (Å²) in [5.74, 6) is 1.47. The Morgan fingerprint density at radius 1 is 1.00 bits per heavy atom. The van der Waals surface area contributed by atoms with Crippen molar-refractivity contribution in [2.24, 2.45) is 0 Å². The van der Waals surface area contributed by atoms with Gasteiger partial charge < -0.3 is 13.7 Å². The van der Waals surface area contributed by atoms with E-state index in [1.54, 1.807) is 30.3 Å². The third kappa shape index (κ3) is 4.97. The van der Waals surface area contributed by atoms with Gasteiger partial charge in [0, 0.05) is 35.8 Å². The summed E-state index contributed by atoms with van der Waals surface area (Å²) >= 11 is 0. The highest BCUT2D eigenvalue weighted by atomic mass is 16.6. The van der Waals surface area contributed by atoms with Crippen LogP contribution in [0.25, 0.3) is 11.8 Å². The van der Waals surface area contributed by atoms with Crippen molar-refractivity contribution in [1.29, 1.82) is 0 Å². The lowest BCUT2D eigenvalue weighted by Crippen LogP contribution is -1.96. The first-order valence-corrected chi connectivity index (χ1v) is 9.50. The number of carbonyl (C=O) groups excluding carboxylic acids is 1. The van der Waals surface area contributed by atoms with Crippen molar-refractivity contribution in [2.75, 3.05) is 0 Å². The number of furan rings is 1. The molecule has 7 nitrogen and oxygen atoms in total. The third-order valence-corrected chi connectivity index (χ3v) is 4.56. The molecule has 2 heterocycles. The number of non-ortho nitro benzene ring substituents is 1. The second kappa shape index (κ2) is 8.96. The van der Waals surface area contributed by atoms with Crippen LogP contribution in [0.2, 0.25) is 0 Å². The Balaban J connectivity index is 1.33. The van der Waals surface area contributed by atoms with Gasteiger partial charge in [-0.2, -0.15) is 0 Å². The molecule has 0 bridgehead atoms. The monoisotopic (exact) mass is 414 g/mol. The number of carbonyl (C=O) groups is 1. The van der Waals surface area contributed by atoms with Gasteiger partial charge in [0.1, 0.15) is 23.9 Å². The molecule has 0 aliphatic rings. The number of hydrogen-bond donors (Lipinski definition) is 0. The second-order valence-corrected chi connectivity index (χ2v) is 6.68. The molecule has 0 spiro atoms. The minimum absolute atomic E-state index is 0.00167. The molecule has 0 amide bonds. The fourth-order valence-corrected chi connectivity index (χ4v) is 2.94. The summed E-state index contributed by atoms with van der Waals surface area (Å²) in [6, 6.07) is 20.5. The molecule has 0 saturated carbocycles. The van der Waals surface area contributed by atoms with E-state index < -0.39 is 4.92 Å². The van der Waals surface area contributed by atoms with Crippen LogP contribution >= 0.6 is 0 Å². The fourth-order valence-electron chi connectivity index (χ4n) is 2.94. The van der Waals surface area contributed by atoms with E-state index in [2.05, 4.69) is 0 Å². The maximum absolute atomic E-state index is 12.4. The highest BCUT2D eigenvalue weighted by molar-refractivity contribution is 6.06. The molecule has 4 rings (SSSR count). The third-order valence-electron chi connectivity index (χ3n) is 4.56. The number of hydrogen-bond acceptors (Lipinski definition) is 5. The Bertz CT molecular complexity index is 1200. The van der Waals surface area contributed by atoms with Crippen LogP contribution in [0, 0.1) is 10.1 Å². The molecule has 2 aromatic carbocycles. The Kier molecular flexibility index (Phi) is 5.75. The van der Waals surface area contributed by atoms with Crippen LogP contribution in [0.1, 0.15) is 21.9 Å². The molecule has 0 aliphatic carbocycles. The summed E-state index contributed by atoms with van der Waals surface area (Å²) in [5.41, 5.74) is 1.57. The first kappa shape index (κ1) is 19.9. The Labute approximate surface area is 178 Å². The molecular formula is C24H18N2O5. The number of nitro benzene ring substituents is 1. The maximum Gasteiger partial charge on any atom is 0.269 e. The number of ether oxygens (including phenoxy) is 1. The quantitative estimate of drug-likeness (QED) is 0.165. The molecule has 0 fully saturated rings. The van der Waals surface area contributed by atoms with E-state index in [4.69, 9.17) is 9.15 Å². The van der Waals surface area contributed by atoms with Crippen molar-refractivity contribution in [1.82, 2.24) is 4.57 Å². The molecule has 0 saturated heterocycles. The molecule has 154 valence electrons. The normalized spacial score (nSPS) is 11.0. The number of benzene rings is 2. The van der Waals surface area contributed by atoms with Crippen LogP contribution in [0.15, 0.2) is 95.7 Å². The number of allylic oxidation sites excluding steroid dienone is 1. The summed E-state index contributed by atoms with van der Waals surface area (Å²) < 4.78 is 13.2. The summed E-state index contributed by atoms with van der Waals surface area (Å²) in [5, 5.41) is 10.7. The van der Waals surface area contributed by atoms with Crippen LogP contribution in [0.4, 0.5) is 5.69 Å². The Hall–Kier alpha value is -4.39. The molecule has 0 aliphatic heterocycles. The van der Waals surface area contributed by atoms with Gasteiger partial charge in [0.15, 0.2) is 5.78 Å². The minimum Gasteiger partial charge on any atom is -0.486 e. The molecule has 4 aromatic rings. The van der Waals surface area contributed by atoms with Crippen LogP contribution in [0.5, 0.6) is 5.75 Å². The predicted molar refractivity (Wildman–Crippen MR) is 115 cm³/mol. The summed E-state index contributed by atoms with van der Waals surface area (Å²) in [6.07, 6.45) is 6.95. The van der Waals surface area contributed by atoms with E-state index in [-0.39, 0.29) is 18.1 Å². The lowest BCUT2D eigenvalue weighted by Gasteiger charge is -2.03. The first-order valence-electron chi connectivity index (χ1n) is 9.50. The molecule has 0 radical (unpaired) electrons. The van der Waals surface area contributed by atoms with Crippen molar-refractivity contribution in [3.05, 3.63) is 118 Å². The minimum atomic E-state index is -0.465. The van der Waals surface area contributed by atoms with E-state index in [9.17, 15) is 14.9 Å². The highest BCUT2D eigenvalue weighted by Crippen LogP contribution is 2.19. The van der Waals surface area contributed by atoms with Gasteiger partial charge in [0.25, 0.3) is 5.69 Å². The van der Waals surface area contributed by atoms with Gasteiger partial charge in [-0.05, 0) is 72.8 Å². The van der Waals surface area contributed by atoms with Crippen molar-refractivity contribution in [2.45, 2.75) is 6.61 Å².